The normalized spacial score (nSPS) is 12.6. The van der Waals surface area contributed by atoms with Crippen molar-refractivity contribution >= 4 is 22.9 Å². The number of thiophene rings is 1. The lowest BCUT2D eigenvalue weighted by atomic mass is 10.1. The van der Waals surface area contributed by atoms with E-state index < -0.39 is 0 Å². The van der Waals surface area contributed by atoms with Crippen LogP contribution in [-0.4, -0.2) is 0 Å². The summed E-state index contributed by atoms with van der Waals surface area (Å²) in [4.78, 5) is 2.72. The third-order valence-electron chi connectivity index (χ3n) is 2.75. The van der Waals surface area contributed by atoms with Gasteiger partial charge in [0, 0.05) is 27.4 Å². The van der Waals surface area contributed by atoms with Gasteiger partial charge in [-0.3, -0.25) is 0 Å². The summed E-state index contributed by atoms with van der Waals surface area (Å²) in [6.07, 6.45) is 0. The van der Waals surface area contributed by atoms with Crippen molar-refractivity contribution in [3.63, 3.8) is 0 Å². The molecule has 0 aliphatic heterocycles. The summed E-state index contributed by atoms with van der Waals surface area (Å²) in [6.45, 7) is 5.16. The average molecular weight is 266 g/mol. The maximum Gasteiger partial charge on any atom is 0.0453 e. The fraction of sp³-hybridized carbons (Fsp3) is 0.286. The van der Waals surface area contributed by atoms with Gasteiger partial charge in [-0.2, -0.15) is 0 Å². The standard InChI is InChI=1S/C14H16ClNS/c1-10-7-8-12(17-10)9-16-11(2)13-5-3-4-6-14(13)15/h3-8,11,16H,9H2,1-2H3. The van der Waals surface area contributed by atoms with Crippen LogP contribution < -0.4 is 5.32 Å². The fourth-order valence-electron chi connectivity index (χ4n) is 1.77. The molecule has 1 unspecified atom stereocenters. The van der Waals surface area contributed by atoms with E-state index >= 15 is 0 Å². The molecular formula is C14H16ClNS. The van der Waals surface area contributed by atoms with Gasteiger partial charge in [-0.1, -0.05) is 29.8 Å². The zero-order valence-electron chi connectivity index (χ0n) is 10.0. The van der Waals surface area contributed by atoms with Gasteiger partial charge in [0.05, 0.1) is 0 Å². The first-order valence-corrected chi connectivity index (χ1v) is 6.89. The van der Waals surface area contributed by atoms with Gasteiger partial charge in [0.1, 0.15) is 0 Å². The summed E-state index contributed by atoms with van der Waals surface area (Å²) < 4.78 is 0. The molecule has 1 N–H and O–H groups in total. The number of rotatable bonds is 4. The number of nitrogens with one attached hydrogen (secondary N) is 1. The first kappa shape index (κ1) is 12.6. The third-order valence-corrected chi connectivity index (χ3v) is 4.10. The number of benzene rings is 1. The van der Waals surface area contributed by atoms with E-state index in [1.54, 1.807) is 0 Å². The third kappa shape index (κ3) is 3.32. The van der Waals surface area contributed by atoms with Gasteiger partial charge in [0.2, 0.25) is 0 Å². The fourth-order valence-corrected chi connectivity index (χ4v) is 2.91. The van der Waals surface area contributed by atoms with Crippen molar-refractivity contribution in [1.82, 2.24) is 5.32 Å². The van der Waals surface area contributed by atoms with Crippen LogP contribution in [0, 0.1) is 6.92 Å². The molecular weight excluding hydrogens is 250 g/mol. The van der Waals surface area contributed by atoms with Crippen molar-refractivity contribution in [1.29, 1.82) is 0 Å². The summed E-state index contributed by atoms with van der Waals surface area (Å²) in [5.41, 5.74) is 1.16. The summed E-state index contributed by atoms with van der Waals surface area (Å²) in [7, 11) is 0. The minimum Gasteiger partial charge on any atom is -0.305 e. The Balaban J connectivity index is 1.98. The Kier molecular flexibility index (Phi) is 4.21. The molecule has 0 bridgehead atoms. The van der Waals surface area contributed by atoms with Crippen LogP contribution in [0.25, 0.3) is 0 Å². The Morgan fingerprint density at radius 2 is 2.00 bits per heavy atom. The Hall–Kier alpha value is -0.830. The largest absolute Gasteiger partial charge is 0.305 e. The van der Waals surface area contributed by atoms with E-state index in [-0.39, 0.29) is 6.04 Å². The Labute approximate surface area is 111 Å². The first-order valence-electron chi connectivity index (χ1n) is 5.70. The highest BCUT2D eigenvalue weighted by Gasteiger charge is 2.08. The van der Waals surface area contributed by atoms with Gasteiger partial charge < -0.3 is 5.32 Å². The number of hydrogen-bond donors (Lipinski definition) is 1. The van der Waals surface area contributed by atoms with Crippen LogP contribution in [0.2, 0.25) is 5.02 Å². The second-order valence-electron chi connectivity index (χ2n) is 4.14. The zero-order valence-corrected chi connectivity index (χ0v) is 11.6. The predicted octanol–water partition coefficient (Wildman–Crippen LogP) is 4.56. The number of hydrogen-bond acceptors (Lipinski definition) is 2. The van der Waals surface area contributed by atoms with Crippen LogP contribution in [0.5, 0.6) is 0 Å². The zero-order chi connectivity index (χ0) is 12.3. The molecule has 90 valence electrons. The van der Waals surface area contributed by atoms with Crippen LogP contribution in [0.1, 0.15) is 28.3 Å². The lowest BCUT2D eigenvalue weighted by Crippen LogP contribution is -2.17. The van der Waals surface area contributed by atoms with Crippen molar-refractivity contribution in [2.24, 2.45) is 0 Å². The Bertz CT molecular complexity index is 492. The lowest BCUT2D eigenvalue weighted by Gasteiger charge is -2.14. The molecule has 1 atom stereocenters. The van der Waals surface area contributed by atoms with Gasteiger partial charge in [-0.25, -0.2) is 0 Å². The maximum absolute atomic E-state index is 6.17. The highest BCUT2D eigenvalue weighted by molar-refractivity contribution is 7.11. The van der Waals surface area contributed by atoms with E-state index in [1.165, 1.54) is 9.75 Å². The van der Waals surface area contributed by atoms with Gasteiger partial charge in [0.25, 0.3) is 0 Å². The van der Waals surface area contributed by atoms with E-state index in [4.69, 9.17) is 11.6 Å². The van der Waals surface area contributed by atoms with E-state index in [2.05, 4.69) is 37.4 Å². The molecule has 1 aromatic carbocycles. The predicted molar refractivity (Wildman–Crippen MR) is 75.8 cm³/mol. The van der Waals surface area contributed by atoms with Crippen LogP contribution in [0.3, 0.4) is 0 Å². The van der Waals surface area contributed by atoms with Crippen molar-refractivity contribution in [2.75, 3.05) is 0 Å². The summed E-state index contributed by atoms with van der Waals surface area (Å²) >= 11 is 8.00. The minimum absolute atomic E-state index is 0.270. The van der Waals surface area contributed by atoms with Gasteiger partial charge >= 0.3 is 0 Å². The molecule has 0 amide bonds. The second-order valence-corrected chi connectivity index (χ2v) is 5.92. The smallest absolute Gasteiger partial charge is 0.0453 e. The van der Waals surface area contributed by atoms with Gasteiger partial charge in [-0.15, -0.1) is 11.3 Å². The minimum atomic E-state index is 0.270. The lowest BCUT2D eigenvalue weighted by molar-refractivity contribution is 0.579. The van der Waals surface area contributed by atoms with Crippen molar-refractivity contribution < 1.29 is 0 Å². The van der Waals surface area contributed by atoms with Gasteiger partial charge in [0.15, 0.2) is 0 Å². The molecule has 0 saturated carbocycles. The molecule has 0 aliphatic rings. The molecule has 1 nitrogen and oxygen atoms in total. The molecule has 0 saturated heterocycles. The topological polar surface area (TPSA) is 12.0 Å². The SMILES string of the molecule is Cc1ccc(CNC(C)c2ccccc2Cl)s1. The highest BCUT2D eigenvalue weighted by atomic mass is 35.5. The maximum atomic E-state index is 6.17. The number of halogens is 1. The summed E-state index contributed by atoms with van der Waals surface area (Å²) in [5.74, 6) is 0. The van der Waals surface area contributed by atoms with Crippen molar-refractivity contribution in [3.05, 3.63) is 56.7 Å². The second kappa shape index (κ2) is 5.67. The molecule has 1 aromatic heterocycles. The molecule has 0 aliphatic carbocycles. The molecule has 3 heteroatoms. The quantitative estimate of drug-likeness (QED) is 0.855. The monoisotopic (exact) mass is 265 g/mol. The number of aryl methyl sites for hydroxylation is 1. The molecule has 17 heavy (non-hydrogen) atoms. The van der Waals surface area contributed by atoms with E-state index in [9.17, 15) is 0 Å². The van der Waals surface area contributed by atoms with E-state index in [0.717, 1.165) is 17.1 Å². The van der Waals surface area contributed by atoms with Crippen LogP contribution >= 0.6 is 22.9 Å². The molecule has 0 spiro atoms. The van der Waals surface area contributed by atoms with Crippen LogP contribution in [0.4, 0.5) is 0 Å². The van der Waals surface area contributed by atoms with Crippen molar-refractivity contribution in [2.45, 2.75) is 26.4 Å². The highest BCUT2D eigenvalue weighted by Crippen LogP contribution is 2.23. The van der Waals surface area contributed by atoms with Crippen LogP contribution in [-0.2, 0) is 6.54 Å². The first-order chi connectivity index (χ1) is 8.16. The van der Waals surface area contributed by atoms with E-state index in [0.29, 0.717) is 0 Å². The average Bonchev–Trinajstić information content (AvgIpc) is 2.73. The molecule has 2 aromatic rings. The Morgan fingerprint density at radius 3 is 2.65 bits per heavy atom. The van der Waals surface area contributed by atoms with E-state index in [1.807, 2.05) is 29.5 Å². The summed E-state index contributed by atoms with van der Waals surface area (Å²) in [6, 6.07) is 12.6. The molecule has 0 radical (unpaired) electrons. The molecule has 1 heterocycles. The van der Waals surface area contributed by atoms with Gasteiger partial charge in [-0.05, 0) is 37.6 Å². The Morgan fingerprint density at radius 1 is 1.24 bits per heavy atom. The molecule has 2 rings (SSSR count). The van der Waals surface area contributed by atoms with Crippen molar-refractivity contribution in [3.8, 4) is 0 Å². The summed E-state index contributed by atoms with van der Waals surface area (Å²) in [5, 5.41) is 4.32. The molecule has 0 fully saturated rings. The van der Waals surface area contributed by atoms with Crippen LogP contribution in [0.15, 0.2) is 36.4 Å².